The van der Waals surface area contributed by atoms with E-state index in [1.54, 1.807) is 0 Å². The summed E-state index contributed by atoms with van der Waals surface area (Å²) in [6.45, 7) is 4.56. The number of piperazine rings is 1. The highest BCUT2D eigenvalue weighted by molar-refractivity contribution is 9.10. The normalized spacial score (nSPS) is 15.7. The van der Waals surface area contributed by atoms with Gasteiger partial charge in [0.25, 0.3) is 0 Å². The van der Waals surface area contributed by atoms with Crippen LogP contribution in [-0.2, 0) is 11.3 Å². The molecule has 110 valence electrons. The quantitative estimate of drug-likeness (QED) is 0.892. The van der Waals surface area contributed by atoms with Crippen molar-refractivity contribution < 1.29 is 4.79 Å². The summed E-state index contributed by atoms with van der Waals surface area (Å²) in [6, 6.07) is 5.85. The van der Waals surface area contributed by atoms with Gasteiger partial charge in [0.1, 0.15) is 0 Å². The van der Waals surface area contributed by atoms with Crippen molar-refractivity contribution in [3.05, 3.63) is 33.3 Å². The molecular weight excluding hydrogens is 342 g/mol. The molecule has 0 aromatic heterocycles. The van der Waals surface area contributed by atoms with Crippen LogP contribution in [-0.4, -0.2) is 55.5 Å². The highest BCUT2D eigenvalue weighted by atomic mass is 79.9. The second kappa shape index (κ2) is 7.41. The van der Waals surface area contributed by atoms with E-state index in [1.807, 2.05) is 35.0 Å². The van der Waals surface area contributed by atoms with Crippen molar-refractivity contribution in [2.24, 2.45) is 0 Å². The number of likely N-dealkylation sites (N-methyl/N-ethyl adjacent to an activating group) is 1. The first-order valence-electron chi connectivity index (χ1n) is 6.67. The molecule has 0 radical (unpaired) electrons. The molecule has 1 N–H and O–H groups in total. The van der Waals surface area contributed by atoms with Crippen LogP contribution in [0, 0.1) is 0 Å². The Balaban J connectivity index is 1.86. The van der Waals surface area contributed by atoms with Gasteiger partial charge in [-0.1, -0.05) is 17.7 Å². The smallest absolute Gasteiger partial charge is 0.236 e. The second-order valence-electron chi connectivity index (χ2n) is 5.05. The SMILES string of the molecule is CN(CC(=O)N1CCNCC1)Cc1ccc(Cl)c(Br)c1. The Hall–Kier alpha value is -0.620. The summed E-state index contributed by atoms with van der Waals surface area (Å²) < 4.78 is 0.887. The number of rotatable bonds is 4. The molecule has 2 rings (SSSR count). The highest BCUT2D eigenvalue weighted by Gasteiger charge is 2.17. The lowest BCUT2D eigenvalue weighted by Gasteiger charge is -2.29. The van der Waals surface area contributed by atoms with Gasteiger partial charge in [-0.15, -0.1) is 0 Å². The fraction of sp³-hybridized carbons (Fsp3) is 0.500. The van der Waals surface area contributed by atoms with Crippen molar-refractivity contribution in [3.8, 4) is 0 Å². The van der Waals surface area contributed by atoms with Gasteiger partial charge in [0, 0.05) is 37.2 Å². The van der Waals surface area contributed by atoms with E-state index in [-0.39, 0.29) is 5.91 Å². The van der Waals surface area contributed by atoms with Gasteiger partial charge in [-0.25, -0.2) is 0 Å². The number of carbonyl (C=O) groups is 1. The third kappa shape index (κ3) is 4.45. The molecule has 1 aromatic carbocycles. The summed E-state index contributed by atoms with van der Waals surface area (Å²) in [6.07, 6.45) is 0. The first-order valence-corrected chi connectivity index (χ1v) is 7.84. The lowest BCUT2D eigenvalue weighted by Crippen LogP contribution is -2.49. The van der Waals surface area contributed by atoms with Crippen LogP contribution in [0.1, 0.15) is 5.56 Å². The molecule has 4 nitrogen and oxygen atoms in total. The van der Waals surface area contributed by atoms with Gasteiger partial charge in [-0.05, 0) is 40.7 Å². The van der Waals surface area contributed by atoms with Gasteiger partial charge in [0.2, 0.25) is 5.91 Å². The summed E-state index contributed by atoms with van der Waals surface area (Å²) in [5, 5.41) is 3.95. The molecule has 0 saturated carbocycles. The Kier molecular flexibility index (Phi) is 5.84. The van der Waals surface area contributed by atoms with Gasteiger partial charge in [0.15, 0.2) is 0 Å². The molecule has 1 fully saturated rings. The van der Waals surface area contributed by atoms with E-state index in [2.05, 4.69) is 21.2 Å². The third-order valence-electron chi connectivity index (χ3n) is 3.31. The van der Waals surface area contributed by atoms with E-state index in [9.17, 15) is 4.79 Å². The number of hydrogen-bond acceptors (Lipinski definition) is 3. The molecule has 1 aliphatic heterocycles. The first-order chi connectivity index (χ1) is 9.56. The first kappa shape index (κ1) is 15.8. The molecule has 20 heavy (non-hydrogen) atoms. The number of hydrogen-bond donors (Lipinski definition) is 1. The van der Waals surface area contributed by atoms with Crippen LogP contribution in [0.5, 0.6) is 0 Å². The van der Waals surface area contributed by atoms with Gasteiger partial charge in [-0.2, -0.15) is 0 Å². The molecule has 0 atom stereocenters. The fourth-order valence-corrected chi connectivity index (χ4v) is 2.79. The maximum atomic E-state index is 12.1. The Morgan fingerprint density at radius 2 is 2.15 bits per heavy atom. The van der Waals surface area contributed by atoms with E-state index in [1.165, 1.54) is 0 Å². The zero-order valence-electron chi connectivity index (χ0n) is 11.5. The van der Waals surface area contributed by atoms with Crippen molar-refractivity contribution in [1.82, 2.24) is 15.1 Å². The Labute approximate surface area is 133 Å². The number of nitrogens with one attached hydrogen (secondary N) is 1. The topological polar surface area (TPSA) is 35.6 Å². The van der Waals surface area contributed by atoms with E-state index >= 15 is 0 Å². The average Bonchev–Trinajstić information content (AvgIpc) is 2.44. The minimum atomic E-state index is 0.196. The summed E-state index contributed by atoms with van der Waals surface area (Å²) in [5.41, 5.74) is 1.14. The van der Waals surface area contributed by atoms with Crippen molar-refractivity contribution in [1.29, 1.82) is 0 Å². The van der Waals surface area contributed by atoms with Crippen molar-refractivity contribution in [2.45, 2.75) is 6.54 Å². The molecule has 1 heterocycles. The van der Waals surface area contributed by atoms with Crippen LogP contribution < -0.4 is 5.32 Å². The van der Waals surface area contributed by atoms with Crippen molar-refractivity contribution in [2.75, 3.05) is 39.8 Å². The van der Waals surface area contributed by atoms with Gasteiger partial charge >= 0.3 is 0 Å². The highest BCUT2D eigenvalue weighted by Crippen LogP contribution is 2.23. The van der Waals surface area contributed by atoms with Crippen LogP contribution >= 0.6 is 27.5 Å². The number of amides is 1. The standard InChI is InChI=1S/C14H19BrClN3O/c1-18(9-11-2-3-13(16)12(15)8-11)10-14(20)19-6-4-17-5-7-19/h2-3,8,17H,4-7,9-10H2,1H3. The number of benzene rings is 1. The van der Waals surface area contributed by atoms with E-state index in [4.69, 9.17) is 11.6 Å². The largest absolute Gasteiger partial charge is 0.339 e. The number of nitrogens with zero attached hydrogens (tertiary/aromatic N) is 2. The lowest BCUT2D eigenvalue weighted by molar-refractivity contribution is -0.132. The molecule has 6 heteroatoms. The Morgan fingerprint density at radius 3 is 2.80 bits per heavy atom. The Bertz CT molecular complexity index is 477. The van der Waals surface area contributed by atoms with Gasteiger partial charge < -0.3 is 10.2 Å². The minimum Gasteiger partial charge on any atom is -0.339 e. The van der Waals surface area contributed by atoms with E-state index in [0.717, 1.165) is 42.8 Å². The molecule has 1 saturated heterocycles. The minimum absolute atomic E-state index is 0.196. The maximum Gasteiger partial charge on any atom is 0.236 e. The van der Waals surface area contributed by atoms with Crippen LogP contribution in [0.15, 0.2) is 22.7 Å². The van der Waals surface area contributed by atoms with Crippen molar-refractivity contribution >= 4 is 33.4 Å². The second-order valence-corrected chi connectivity index (χ2v) is 6.31. The van der Waals surface area contributed by atoms with Crippen molar-refractivity contribution in [3.63, 3.8) is 0 Å². The molecular formula is C14H19BrClN3O. The lowest BCUT2D eigenvalue weighted by atomic mass is 10.2. The summed E-state index contributed by atoms with van der Waals surface area (Å²) >= 11 is 9.39. The molecule has 0 spiro atoms. The molecule has 0 bridgehead atoms. The Morgan fingerprint density at radius 1 is 1.45 bits per heavy atom. The summed E-state index contributed by atoms with van der Waals surface area (Å²) in [5.74, 6) is 0.196. The molecule has 0 unspecified atom stereocenters. The molecule has 1 aliphatic rings. The zero-order valence-corrected chi connectivity index (χ0v) is 13.9. The molecule has 0 aliphatic carbocycles. The van der Waals surface area contributed by atoms with Crippen LogP contribution in [0.25, 0.3) is 0 Å². The van der Waals surface area contributed by atoms with Gasteiger partial charge in [-0.3, -0.25) is 9.69 Å². The molecule has 1 aromatic rings. The van der Waals surface area contributed by atoms with Gasteiger partial charge in [0.05, 0.1) is 11.6 Å². The monoisotopic (exact) mass is 359 g/mol. The van der Waals surface area contributed by atoms with Crippen LogP contribution in [0.2, 0.25) is 5.02 Å². The van der Waals surface area contributed by atoms with Crippen LogP contribution in [0.3, 0.4) is 0 Å². The van der Waals surface area contributed by atoms with E-state index in [0.29, 0.717) is 11.6 Å². The molecule has 1 amide bonds. The predicted octanol–water partition coefficient (Wildman–Crippen LogP) is 1.97. The average molecular weight is 361 g/mol. The zero-order chi connectivity index (χ0) is 14.5. The third-order valence-corrected chi connectivity index (χ3v) is 4.53. The number of halogens is 2. The van der Waals surface area contributed by atoms with Crippen LogP contribution in [0.4, 0.5) is 0 Å². The predicted molar refractivity (Wildman–Crippen MR) is 84.9 cm³/mol. The fourth-order valence-electron chi connectivity index (χ4n) is 2.25. The summed E-state index contributed by atoms with van der Waals surface area (Å²) in [4.78, 5) is 16.1. The maximum absolute atomic E-state index is 12.1. The summed E-state index contributed by atoms with van der Waals surface area (Å²) in [7, 11) is 1.96. The van der Waals surface area contributed by atoms with E-state index < -0.39 is 0 Å². The number of carbonyl (C=O) groups excluding carboxylic acids is 1.